The Morgan fingerprint density at radius 1 is 1.22 bits per heavy atom. The molecule has 0 aromatic heterocycles. The van der Waals surface area contributed by atoms with E-state index in [9.17, 15) is 9.50 Å². The van der Waals surface area contributed by atoms with Crippen molar-refractivity contribution < 1.29 is 9.50 Å². The molecule has 100 valence electrons. The molecule has 0 saturated carbocycles. The molecule has 0 radical (unpaired) electrons. The Balaban J connectivity index is 1.95. The molecule has 0 aliphatic carbocycles. The van der Waals surface area contributed by atoms with Gasteiger partial charge in [-0.05, 0) is 44.4 Å². The fraction of sp³-hybridized carbons (Fsp3) is 0.600. The monoisotopic (exact) mass is 251 g/mol. The lowest BCUT2D eigenvalue weighted by Crippen LogP contribution is -2.47. The molecule has 2 nitrogen and oxygen atoms in total. The van der Waals surface area contributed by atoms with Crippen molar-refractivity contribution >= 4 is 0 Å². The first kappa shape index (κ1) is 13.5. The molecule has 1 aromatic carbocycles. The van der Waals surface area contributed by atoms with Gasteiger partial charge in [0.1, 0.15) is 5.82 Å². The quantitative estimate of drug-likeness (QED) is 0.892. The van der Waals surface area contributed by atoms with Crippen molar-refractivity contribution in [3.05, 3.63) is 35.6 Å². The van der Waals surface area contributed by atoms with E-state index in [1.54, 1.807) is 12.1 Å². The molecule has 1 aliphatic heterocycles. The van der Waals surface area contributed by atoms with Gasteiger partial charge in [-0.3, -0.25) is 0 Å². The number of aliphatic hydroxyl groups is 1. The molecule has 3 heteroatoms. The standard InChI is InChI=1S/C15H22FNO/c1-12(2)17-9-7-15(18,8-10-17)11-13-3-5-14(16)6-4-13/h3-6,12,18H,7-11H2,1-2H3. The van der Waals surface area contributed by atoms with Crippen LogP contribution in [0.2, 0.25) is 0 Å². The molecule has 18 heavy (non-hydrogen) atoms. The molecule has 0 spiro atoms. The lowest BCUT2D eigenvalue weighted by Gasteiger charge is -2.40. The average molecular weight is 251 g/mol. The van der Waals surface area contributed by atoms with Crippen LogP contribution < -0.4 is 0 Å². The smallest absolute Gasteiger partial charge is 0.123 e. The second-order valence-electron chi connectivity index (χ2n) is 5.66. The molecule has 0 atom stereocenters. The zero-order valence-corrected chi connectivity index (χ0v) is 11.2. The third kappa shape index (κ3) is 3.30. The molecule has 0 amide bonds. The van der Waals surface area contributed by atoms with Crippen molar-refractivity contribution in [1.82, 2.24) is 4.90 Å². The highest BCUT2D eigenvalue weighted by atomic mass is 19.1. The lowest BCUT2D eigenvalue weighted by molar-refractivity contribution is -0.0271. The van der Waals surface area contributed by atoms with E-state index >= 15 is 0 Å². The van der Waals surface area contributed by atoms with Crippen molar-refractivity contribution in [3.8, 4) is 0 Å². The van der Waals surface area contributed by atoms with Gasteiger partial charge in [0, 0.05) is 25.6 Å². The molecule has 0 bridgehead atoms. The number of benzene rings is 1. The Morgan fingerprint density at radius 3 is 2.28 bits per heavy atom. The molecule has 2 rings (SSSR count). The average Bonchev–Trinajstić information content (AvgIpc) is 2.32. The minimum absolute atomic E-state index is 0.222. The maximum atomic E-state index is 12.8. The Labute approximate surface area is 108 Å². The van der Waals surface area contributed by atoms with Gasteiger partial charge in [-0.2, -0.15) is 0 Å². The van der Waals surface area contributed by atoms with Crippen molar-refractivity contribution in [2.75, 3.05) is 13.1 Å². The third-order valence-corrected chi connectivity index (χ3v) is 3.91. The summed E-state index contributed by atoms with van der Waals surface area (Å²) in [6, 6.07) is 6.99. The zero-order valence-electron chi connectivity index (χ0n) is 11.2. The molecular weight excluding hydrogens is 229 g/mol. The number of likely N-dealkylation sites (tertiary alicyclic amines) is 1. The number of nitrogens with zero attached hydrogens (tertiary/aromatic N) is 1. The van der Waals surface area contributed by atoms with Gasteiger partial charge < -0.3 is 10.0 Å². The molecule has 1 saturated heterocycles. The maximum absolute atomic E-state index is 12.8. The second kappa shape index (κ2) is 5.37. The van der Waals surface area contributed by atoms with Crippen molar-refractivity contribution in [2.24, 2.45) is 0 Å². The molecular formula is C15H22FNO. The Bertz CT molecular complexity index is 380. The summed E-state index contributed by atoms with van der Waals surface area (Å²) in [6.07, 6.45) is 2.21. The fourth-order valence-corrected chi connectivity index (χ4v) is 2.62. The van der Waals surface area contributed by atoms with E-state index in [0.29, 0.717) is 12.5 Å². The van der Waals surface area contributed by atoms with Crippen LogP contribution in [0.3, 0.4) is 0 Å². The molecule has 1 fully saturated rings. The zero-order chi connectivity index (χ0) is 13.2. The van der Waals surface area contributed by atoms with E-state index in [1.165, 1.54) is 12.1 Å². The molecule has 0 unspecified atom stereocenters. The van der Waals surface area contributed by atoms with Gasteiger partial charge in [0.25, 0.3) is 0 Å². The second-order valence-corrected chi connectivity index (χ2v) is 5.66. The van der Waals surface area contributed by atoms with Crippen LogP contribution in [0.5, 0.6) is 0 Å². The predicted octanol–water partition coefficient (Wildman–Crippen LogP) is 2.60. The summed E-state index contributed by atoms with van der Waals surface area (Å²) < 4.78 is 12.8. The first-order valence-corrected chi connectivity index (χ1v) is 6.69. The van der Waals surface area contributed by atoms with Crippen LogP contribution in [0.15, 0.2) is 24.3 Å². The Kier molecular flexibility index (Phi) is 4.03. The predicted molar refractivity (Wildman–Crippen MR) is 71.0 cm³/mol. The van der Waals surface area contributed by atoms with E-state index < -0.39 is 5.60 Å². The summed E-state index contributed by atoms with van der Waals surface area (Å²) in [5, 5.41) is 10.6. The topological polar surface area (TPSA) is 23.5 Å². The number of rotatable bonds is 3. The summed E-state index contributed by atoms with van der Waals surface area (Å²) in [4.78, 5) is 2.39. The van der Waals surface area contributed by atoms with Crippen molar-refractivity contribution in [3.63, 3.8) is 0 Å². The summed E-state index contributed by atoms with van der Waals surface area (Å²) in [6.45, 7) is 6.25. The minimum atomic E-state index is -0.622. The summed E-state index contributed by atoms with van der Waals surface area (Å²) >= 11 is 0. The summed E-state index contributed by atoms with van der Waals surface area (Å²) in [7, 11) is 0. The normalized spacial score (nSPS) is 20.3. The van der Waals surface area contributed by atoms with Gasteiger partial charge in [0.2, 0.25) is 0 Å². The summed E-state index contributed by atoms with van der Waals surface area (Å²) in [5.41, 5.74) is 0.389. The van der Waals surface area contributed by atoms with Crippen molar-refractivity contribution in [1.29, 1.82) is 0 Å². The minimum Gasteiger partial charge on any atom is -0.389 e. The third-order valence-electron chi connectivity index (χ3n) is 3.91. The number of halogens is 1. The number of hydrogen-bond donors (Lipinski definition) is 1. The highest BCUT2D eigenvalue weighted by Gasteiger charge is 2.32. The highest BCUT2D eigenvalue weighted by molar-refractivity contribution is 5.18. The first-order chi connectivity index (χ1) is 8.48. The van der Waals surface area contributed by atoms with Crippen LogP contribution in [-0.4, -0.2) is 34.7 Å². The van der Waals surface area contributed by atoms with Crippen molar-refractivity contribution in [2.45, 2.75) is 44.8 Å². The van der Waals surface area contributed by atoms with Crippen LogP contribution in [0.1, 0.15) is 32.3 Å². The largest absolute Gasteiger partial charge is 0.389 e. The molecule has 1 N–H and O–H groups in total. The van der Waals surface area contributed by atoms with Crippen LogP contribution in [-0.2, 0) is 6.42 Å². The van der Waals surface area contributed by atoms with Gasteiger partial charge in [-0.25, -0.2) is 4.39 Å². The molecule has 1 aliphatic rings. The van der Waals surface area contributed by atoms with Gasteiger partial charge in [0.15, 0.2) is 0 Å². The van der Waals surface area contributed by atoms with E-state index in [0.717, 1.165) is 31.5 Å². The van der Waals surface area contributed by atoms with E-state index in [1.807, 2.05) is 0 Å². The van der Waals surface area contributed by atoms with Crippen LogP contribution in [0, 0.1) is 5.82 Å². The molecule has 1 heterocycles. The van der Waals surface area contributed by atoms with Gasteiger partial charge >= 0.3 is 0 Å². The maximum Gasteiger partial charge on any atom is 0.123 e. The first-order valence-electron chi connectivity index (χ1n) is 6.69. The Morgan fingerprint density at radius 2 is 1.78 bits per heavy atom. The number of hydrogen-bond acceptors (Lipinski definition) is 2. The Hall–Kier alpha value is -0.930. The van der Waals surface area contributed by atoms with E-state index in [4.69, 9.17) is 0 Å². The summed E-state index contributed by atoms with van der Waals surface area (Å²) in [5.74, 6) is -0.222. The lowest BCUT2D eigenvalue weighted by atomic mass is 9.85. The van der Waals surface area contributed by atoms with E-state index in [-0.39, 0.29) is 5.82 Å². The van der Waals surface area contributed by atoms with Crippen LogP contribution >= 0.6 is 0 Å². The highest BCUT2D eigenvalue weighted by Crippen LogP contribution is 2.27. The van der Waals surface area contributed by atoms with Gasteiger partial charge in [-0.15, -0.1) is 0 Å². The van der Waals surface area contributed by atoms with E-state index in [2.05, 4.69) is 18.7 Å². The SMILES string of the molecule is CC(C)N1CCC(O)(Cc2ccc(F)cc2)CC1. The fourth-order valence-electron chi connectivity index (χ4n) is 2.62. The number of piperidine rings is 1. The van der Waals surface area contributed by atoms with Crippen LogP contribution in [0.4, 0.5) is 4.39 Å². The van der Waals surface area contributed by atoms with Gasteiger partial charge in [0.05, 0.1) is 5.60 Å². The van der Waals surface area contributed by atoms with Gasteiger partial charge in [-0.1, -0.05) is 12.1 Å². The van der Waals surface area contributed by atoms with Crippen LogP contribution in [0.25, 0.3) is 0 Å². The molecule has 1 aromatic rings.